The Labute approximate surface area is 812 Å². The molecule has 0 amide bonds. The van der Waals surface area contributed by atoms with Gasteiger partial charge in [0, 0.05) is 30.5 Å². The third kappa shape index (κ3) is 72.9. The Kier molecular flexibility index (Phi) is 59.2. The number of rotatable bonds is 1. The van der Waals surface area contributed by atoms with Crippen molar-refractivity contribution >= 4 is 10.8 Å². The highest BCUT2D eigenvalue weighted by molar-refractivity contribution is 5.86. The molecule has 4 aliphatic carbocycles. The van der Waals surface area contributed by atoms with Gasteiger partial charge in [-0.05, 0) is 249 Å². The van der Waals surface area contributed by atoms with Crippen molar-refractivity contribution in [2.45, 2.75) is 543 Å². The van der Waals surface area contributed by atoms with Crippen LogP contribution >= 0.6 is 0 Å². The van der Waals surface area contributed by atoms with Crippen molar-refractivity contribution in [2.24, 2.45) is 110 Å². The molecule has 1 aliphatic heterocycles. The van der Waals surface area contributed by atoms with Gasteiger partial charge in [-0.15, -0.1) is 0 Å². The first-order valence-electron chi connectivity index (χ1n) is 51.4. The maximum Gasteiger partial charge on any atom is 0.0332 e. The molecule has 0 radical (unpaired) electrons. The predicted octanol–water partition coefficient (Wildman–Crippen LogP) is 42.7. The molecule has 2 fully saturated rings. The Bertz CT molecular complexity index is 3350. The van der Waals surface area contributed by atoms with Gasteiger partial charge in [-0.25, -0.2) is 0 Å². The second kappa shape index (κ2) is 55.0. The fourth-order valence-corrected chi connectivity index (χ4v) is 14.6. The van der Waals surface area contributed by atoms with Crippen molar-refractivity contribution in [1.29, 1.82) is 0 Å². The zero-order valence-electron chi connectivity index (χ0n) is 101. The van der Waals surface area contributed by atoms with Crippen molar-refractivity contribution in [3.8, 4) is 0 Å². The van der Waals surface area contributed by atoms with E-state index < -0.39 is 0 Å². The average Bonchev–Trinajstić information content (AvgIpc) is 1.52. The van der Waals surface area contributed by atoms with E-state index in [1.54, 1.807) is 16.7 Å². The van der Waals surface area contributed by atoms with Gasteiger partial charge in [-0.3, -0.25) is 9.88 Å². The second-order valence-corrected chi connectivity index (χ2v) is 61.5. The van der Waals surface area contributed by atoms with Crippen LogP contribution < -0.4 is 0 Å². The van der Waals surface area contributed by atoms with Crippen LogP contribution in [0.2, 0.25) is 0 Å². The number of hydrogen-bond donors (Lipinski definition) is 0. The number of aryl methyl sites for hydroxylation is 1. The molecule has 756 valence electrons. The van der Waals surface area contributed by atoms with E-state index >= 15 is 0 Å². The second-order valence-electron chi connectivity index (χ2n) is 61.5. The first-order valence-corrected chi connectivity index (χ1v) is 51.4. The van der Waals surface area contributed by atoms with E-state index in [9.17, 15) is 0 Å². The standard InChI is InChI=1S/C17H32.C14H16.C13H25N.C13H18.C11H22.C9H13N.C8H16.7C5H12.C4H10.C2H6/c1-15(2,3)13-11-9-10-12-14(13)17(7,8)16(4,5)6;1-14(2,3)13-10-6-8-11-7-4-5-9-12(11)13;1-12(2,3)11-9-7-8-10-14(11)13(4,5)6;1-13(2,3)12-9-5-7-10-6-4-8-11(10)12;1-9(2,3)8-10(4,5)11(8,6)7;1-9(2,3)8-4-6-10-7-5-8;1-7(2,3)8(4)5-6-8;7*1-5(2,3)4;1-4(2)3;1-2/h9,11,13-14H,10,12H2,1-8H3;4-10H,1-3H3;7,9,11H,8,10H2,1-6H3;5,7,9H,4,6,8H2,1-3H3;8H,1-7H3;4-7H,1-3H3;5-6H2,1-4H3;7*1-4H3;4H,1-3H3;1-2H3. The van der Waals surface area contributed by atoms with Gasteiger partial charge >= 0.3 is 0 Å². The lowest BCUT2D eigenvalue weighted by atomic mass is 9.53. The van der Waals surface area contributed by atoms with Crippen LogP contribution in [0.15, 0.2) is 109 Å². The summed E-state index contributed by atoms with van der Waals surface area (Å²) >= 11 is 0. The summed E-state index contributed by atoms with van der Waals surface area (Å²) in [6, 6.07) is 26.6. The molecule has 0 saturated heterocycles. The molecule has 3 atom stereocenters. The number of nitrogens with zero attached hydrogens (tertiary/aromatic N) is 2. The monoisotopic (exact) mass is 1780 g/mol. The van der Waals surface area contributed by atoms with E-state index in [1.807, 2.05) is 26.2 Å². The van der Waals surface area contributed by atoms with Crippen LogP contribution in [0.4, 0.5) is 0 Å². The summed E-state index contributed by atoms with van der Waals surface area (Å²) in [5.74, 6) is 3.22. The van der Waals surface area contributed by atoms with E-state index in [-0.39, 0.29) is 16.4 Å². The molecule has 0 spiro atoms. The highest BCUT2D eigenvalue weighted by Gasteiger charge is 2.68. The minimum atomic E-state index is 0.223. The highest BCUT2D eigenvalue weighted by atomic mass is 15.2. The van der Waals surface area contributed by atoms with E-state index in [4.69, 9.17) is 0 Å². The molecule has 4 aromatic rings. The maximum absolute atomic E-state index is 3.96. The van der Waals surface area contributed by atoms with E-state index in [0.29, 0.717) is 104 Å². The van der Waals surface area contributed by atoms with Gasteiger partial charge in [0.05, 0.1) is 0 Å². The van der Waals surface area contributed by atoms with Gasteiger partial charge in [0.25, 0.3) is 0 Å². The average molecular weight is 1790 g/mol. The van der Waals surface area contributed by atoms with Gasteiger partial charge < -0.3 is 0 Å². The molecular weight excluding hydrogens is 1540 g/mol. The molecule has 3 aromatic carbocycles. The van der Waals surface area contributed by atoms with Crippen molar-refractivity contribution in [1.82, 2.24) is 9.88 Å². The minimum Gasteiger partial charge on any atom is -0.291 e. The number of allylic oxidation sites excluding steroid dienone is 2. The molecule has 2 nitrogen and oxygen atoms in total. The fraction of sp³-hybridized carbons (Fsp3) is 0.802. The first kappa shape index (κ1) is 138. The van der Waals surface area contributed by atoms with E-state index in [0.717, 1.165) is 17.8 Å². The SMILES string of the molecule is CC.CC(C)(C)C.CC(C)(C)C.CC(C)(C)C.CC(C)(C)C.CC(C)(C)C.CC(C)(C)C.CC(C)(C)C.CC(C)(C)C1(C)CC1.CC(C)(C)C1C(C)(C)C1(C)C.CC(C)(C)C1C=CCCC1C(C)(C)C(C)(C)C.CC(C)(C)C1C=CCCN1C(C)(C)C.CC(C)(C)c1cccc2c1CCC2.CC(C)(C)c1cccc2ccccc12.CC(C)(C)c1ccncc1.CC(C)C. The predicted molar refractivity (Wildman–Crippen MR) is 599 cm³/mol. The molecule has 0 N–H and O–H groups in total. The molecule has 2 heteroatoms. The Hall–Kier alpha value is -3.49. The molecular formula is C126H242N2. The first-order chi connectivity index (χ1) is 55.8. The van der Waals surface area contributed by atoms with Crippen LogP contribution in [0.25, 0.3) is 10.8 Å². The zero-order valence-corrected chi connectivity index (χ0v) is 101. The van der Waals surface area contributed by atoms with E-state index in [2.05, 4.69) is 557 Å². The lowest BCUT2D eigenvalue weighted by Crippen LogP contribution is -2.53. The molecule has 5 aliphatic rings. The van der Waals surface area contributed by atoms with Crippen LogP contribution in [0, 0.1) is 110 Å². The number of fused-ring (bicyclic) bond motifs is 2. The summed E-state index contributed by atoms with van der Waals surface area (Å²) in [5, 5.41) is 2.71. The number of hydrogen-bond acceptors (Lipinski definition) is 2. The normalized spacial score (nSPS) is 17.9. The van der Waals surface area contributed by atoms with Crippen molar-refractivity contribution in [2.75, 3.05) is 6.54 Å². The smallest absolute Gasteiger partial charge is 0.0332 e. The van der Waals surface area contributed by atoms with Gasteiger partial charge in [0.2, 0.25) is 0 Å². The van der Waals surface area contributed by atoms with E-state index in [1.165, 1.54) is 79.8 Å². The Morgan fingerprint density at radius 3 is 0.969 bits per heavy atom. The van der Waals surface area contributed by atoms with Crippen molar-refractivity contribution in [3.05, 3.63) is 137 Å². The van der Waals surface area contributed by atoms with Gasteiger partial charge in [0.1, 0.15) is 0 Å². The molecule has 128 heavy (non-hydrogen) atoms. The third-order valence-electron chi connectivity index (χ3n) is 22.0. The Morgan fingerprint density at radius 2 is 0.703 bits per heavy atom. The third-order valence-corrected chi connectivity index (χ3v) is 22.0. The summed E-state index contributed by atoms with van der Waals surface area (Å²) in [7, 11) is 0. The number of pyridine rings is 1. The van der Waals surface area contributed by atoms with Crippen molar-refractivity contribution < 1.29 is 0 Å². The van der Waals surface area contributed by atoms with Gasteiger partial charge in [-0.2, -0.15) is 0 Å². The molecule has 0 bridgehead atoms. The van der Waals surface area contributed by atoms with Crippen LogP contribution in [-0.2, 0) is 29.1 Å². The summed E-state index contributed by atoms with van der Waals surface area (Å²) in [5.41, 5.74) is 16.4. The molecule has 2 heterocycles. The van der Waals surface area contributed by atoms with Crippen LogP contribution in [-0.4, -0.2) is 28.0 Å². The Balaban J connectivity index is -0.000000250. The largest absolute Gasteiger partial charge is 0.291 e. The molecule has 3 unspecified atom stereocenters. The topological polar surface area (TPSA) is 16.1 Å². The molecule has 2 saturated carbocycles. The lowest BCUT2D eigenvalue weighted by Gasteiger charge is -2.52. The maximum atomic E-state index is 3.96. The summed E-state index contributed by atoms with van der Waals surface area (Å²) in [6.45, 7) is 152. The summed E-state index contributed by atoms with van der Waals surface area (Å²) < 4.78 is 0. The van der Waals surface area contributed by atoms with Crippen LogP contribution in [0.1, 0.15) is 530 Å². The molecule has 9 rings (SSSR count). The highest BCUT2D eigenvalue weighted by Crippen LogP contribution is 2.74. The Morgan fingerprint density at radius 1 is 0.367 bits per heavy atom. The summed E-state index contributed by atoms with van der Waals surface area (Å²) in [4.78, 5) is 6.58. The minimum absolute atomic E-state index is 0.223. The van der Waals surface area contributed by atoms with Crippen LogP contribution in [0.5, 0.6) is 0 Å². The summed E-state index contributed by atoms with van der Waals surface area (Å²) in [6.07, 6.45) is 23.9. The number of benzene rings is 3. The lowest BCUT2D eigenvalue weighted by molar-refractivity contribution is -0.00605. The van der Waals surface area contributed by atoms with Crippen LogP contribution in [0.3, 0.4) is 0 Å². The van der Waals surface area contributed by atoms with Gasteiger partial charge in [0.15, 0.2) is 0 Å². The fourth-order valence-electron chi connectivity index (χ4n) is 14.6. The quantitative estimate of drug-likeness (QED) is 0.177. The molecule has 1 aromatic heterocycles. The van der Waals surface area contributed by atoms with Crippen molar-refractivity contribution in [3.63, 3.8) is 0 Å². The number of aromatic nitrogens is 1. The van der Waals surface area contributed by atoms with Gasteiger partial charge in [-0.1, -0.05) is 528 Å². The zero-order chi connectivity index (χ0) is 104.